The van der Waals surface area contributed by atoms with E-state index in [-0.39, 0.29) is 23.2 Å². The average molecular weight is 553 g/mol. The Hall–Kier alpha value is -2.70. The van der Waals surface area contributed by atoms with E-state index in [0.717, 1.165) is 40.1 Å². The quantitative estimate of drug-likeness (QED) is 0.301. The van der Waals surface area contributed by atoms with Crippen molar-refractivity contribution in [2.45, 2.75) is 71.8 Å². The molecule has 3 aromatic rings. The Labute approximate surface area is 235 Å². The maximum absolute atomic E-state index is 13.3. The minimum Gasteiger partial charge on any atom is -0.460 e. The Morgan fingerprint density at radius 2 is 1.84 bits per heavy atom. The first kappa shape index (κ1) is 28.3. The summed E-state index contributed by atoms with van der Waals surface area (Å²) in [5.74, 6) is -0.154. The number of benzene rings is 1. The van der Waals surface area contributed by atoms with Crippen LogP contribution >= 0.6 is 22.9 Å². The van der Waals surface area contributed by atoms with Gasteiger partial charge in [0.25, 0.3) is 5.91 Å². The van der Waals surface area contributed by atoms with Gasteiger partial charge in [-0.1, -0.05) is 38.4 Å². The highest BCUT2D eigenvalue weighted by molar-refractivity contribution is 7.14. The number of likely N-dealkylation sites (tertiary alicyclic amines) is 1. The molecule has 1 fully saturated rings. The summed E-state index contributed by atoms with van der Waals surface area (Å²) in [6.45, 7) is 13.3. The summed E-state index contributed by atoms with van der Waals surface area (Å²) in [5, 5.41) is 2.65. The highest BCUT2D eigenvalue weighted by Crippen LogP contribution is 2.37. The molecule has 0 aliphatic carbocycles. The number of nitrogens with zero attached hydrogens (tertiary/aromatic N) is 2. The van der Waals surface area contributed by atoms with Gasteiger partial charge in [-0.15, -0.1) is 11.3 Å². The zero-order valence-electron chi connectivity index (χ0n) is 23.1. The fourth-order valence-electron chi connectivity index (χ4n) is 4.72. The number of hydrogen-bond acceptors (Lipinski definition) is 5. The number of pyridine rings is 1. The third-order valence-electron chi connectivity index (χ3n) is 6.62. The number of thiophene rings is 1. The molecule has 0 spiro atoms. The van der Waals surface area contributed by atoms with Crippen LogP contribution in [0.5, 0.6) is 0 Å². The van der Waals surface area contributed by atoms with Crippen molar-refractivity contribution in [3.05, 3.63) is 64.3 Å². The van der Waals surface area contributed by atoms with Gasteiger partial charge >= 0.3 is 5.97 Å². The normalized spacial score (nSPS) is 16.4. The molecule has 3 heterocycles. The monoisotopic (exact) mass is 552 g/mol. The fourth-order valence-corrected chi connectivity index (χ4v) is 5.92. The largest absolute Gasteiger partial charge is 0.460 e. The van der Waals surface area contributed by atoms with E-state index >= 15 is 0 Å². The number of amides is 1. The first-order chi connectivity index (χ1) is 17.8. The lowest BCUT2D eigenvalue weighted by Gasteiger charge is -2.33. The Morgan fingerprint density at radius 1 is 1.08 bits per heavy atom. The summed E-state index contributed by atoms with van der Waals surface area (Å²) in [4.78, 5) is 33.1. The minimum atomic E-state index is -0.503. The van der Waals surface area contributed by atoms with Crippen molar-refractivity contribution in [2.75, 3.05) is 13.1 Å². The lowest BCUT2D eigenvalue weighted by atomic mass is 9.90. The van der Waals surface area contributed by atoms with Gasteiger partial charge in [0.1, 0.15) is 5.60 Å². The molecule has 0 N–H and O–H groups in total. The zero-order chi connectivity index (χ0) is 27.7. The van der Waals surface area contributed by atoms with Gasteiger partial charge < -0.3 is 9.64 Å². The predicted octanol–water partition coefficient (Wildman–Crippen LogP) is 8.01. The summed E-state index contributed by atoms with van der Waals surface area (Å²) in [7, 11) is 0. The highest BCUT2D eigenvalue weighted by atomic mass is 35.5. The number of hydrogen-bond donors (Lipinski definition) is 0. The van der Waals surface area contributed by atoms with Crippen LogP contribution in [-0.4, -0.2) is 40.5 Å². The van der Waals surface area contributed by atoms with Crippen LogP contribution in [0.1, 0.15) is 76.9 Å². The maximum Gasteiger partial charge on any atom is 0.306 e. The Morgan fingerprint density at radius 3 is 2.53 bits per heavy atom. The number of piperidine rings is 1. The van der Waals surface area contributed by atoms with Crippen LogP contribution in [0, 0.1) is 5.92 Å². The van der Waals surface area contributed by atoms with Crippen molar-refractivity contribution in [1.82, 2.24) is 9.88 Å². The zero-order valence-corrected chi connectivity index (χ0v) is 24.7. The van der Waals surface area contributed by atoms with E-state index in [1.165, 1.54) is 0 Å². The number of carbonyl (C=O) groups is 2. The maximum atomic E-state index is 13.3. The third-order valence-corrected chi connectivity index (χ3v) is 7.91. The number of esters is 1. The van der Waals surface area contributed by atoms with Gasteiger partial charge in [0.05, 0.1) is 6.42 Å². The van der Waals surface area contributed by atoms with E-state index in [9.17, 15) is 9.59 Å². The molecule has 0 saturated carbocycles. The number of halogens is 1. The highest BCUT2D eigenvalue weighted by Gasteiger charge is 2.28. The Kier molecular flexibility index (Phi) is 8.34. The topological polar surface area (TPSA) is 59.5 Å². The molecule has 1 aliphatic rings. The van der Waals surface area contributed by atoms with Gasteiger partial charge in [0.15, 0.2) is 0 Å². The molecule has 2 aromatic heterocycles. The summed E-state index contributed by atoms with van der Waals surface area (Å²) in [6, 6.07) is 11.9. The van der Waals surface area contributed by atoms with Crippen LogP contribution in [0.25, 0.3) is 21.6 Å². The fraction of sp³-hybridized carbons (Fsp3) is 0.452. The van der Waals surface area contributed by atoms with Crippen molar-refractivity contribution in [1.29, 1.82) is 0 Å². The molecule has 4 rings (SSSR count). The molecule has 0 bridgehead atoms. The standard InChI is InChI=1S/C31H37ClN2O3S/c1-30(2,3)27-17-21(11-12-33-27)26-16-23(19-38-26)24-10-9-22(15-25(24)32)29(36)34-13-7-8-20(18-34)14-28(35)37-31(4,5)6/h9-12,15-17,19-20H,7-8,13-14,18H2,1-6H3. The van der Waals surface area contributed by atoms with E-state index < -0.39 is 5.60 Å². The van der Waals surface area contributed by atoms with Crippen LogP contribution in [-0.2, 0) is 14.9 Å². The van der Waals surface area contributed by atoms with Crippen LogP contribution in [0.4, 0.5) is 0 Å². The van der Waals surface area contributed by atoms with E-state index in [1.807, 2.05) is 50.1 Å². The second-order valence-electron chi connectivity index (χ2n) is 12.1. The van der Waals surface area contributed by atoms with Gasteiger partial charge in [0, 0.05) is 51.4 Å². The average Bonchev–Trinajstić information content (AvgIpc) is 3.32. The van der Waals surface area contributed by atoms with Crippen molar-refractivity contribution in [2.24, 2.45) is 5.92 Å². The first-order valence-corrected chi connectivity index (χ1v) is 14.4. The molecule has 1 aliphatic heterocycles. The minimum absolute atomic E-state index is 0.0219. The molecule has 1 saturated heterocycles. The third kappa shape index (κ3) is 7.03. The van der Waals surface area contributed by atoms with E-state index in [2.05, 4.69) is 43.3 Å². The van der Waals surface area contributed by atoms with Gasteiger partial charge in [-0.05, 0) is 86.4 Å². The van der Waals surface area contributed by atoms with Crippen molar-refractivity contribution in [3.8, 4) is 21.6 Å². The van der Waals surface area contributed by atoms with Crippen LogP contribution < -0.4 is 0 Å². The van der Waals surface area contributed by atoms with E-state index in [1.54, 1.807) is 17.4 Å². The number of ether oxygens (including phenoxy) is 1. The second kappa shape index (κ2) is 11.2. The molecular formula is C31H37ClN2O3S. The van der Waals surface area contributed by atoms with E-state index in [0.29, 0.717) is 30.1 Å². The lowest BCUT2D eigenvalue weighted by molar-refractivity contribution is -0.156. The molecule has 202 valence electrons. The smallest absolute Gasteiger partial charge is 0.306 e. The molecule has 0 radical (unpaired) electrons. The first-order valence-electron chi connectivity index (χ1n) is 13.2. The second-order valence-corrected chi connectivity index (χ2v) is 13.4. The molecule has 7 heteroatoms. The summed E-state index contributed by atoms with van der Waals surface area (Å²) in [6.07, 6.45) is 3.98. The van der Waals surface area contributed by atoms with Crippen molar-refractivity contribution in [3.63, 3.8) is 0 Å². The SMILES string of the molecule is CC(C)(C)OC(=O)CC1CCCN(C(=O)c2ccc(-c3csc(-c4ccnc(C(C)(C)C)c4)c3)c(Cl)c2)C1. The van der Waals surface area contributed by atoms with Gasteiger partial charge in [-0.3, -0.25) is 14.6 Å². The van der Waals surface area contributed by atoms with Gasteiger partial charge in [-0.25, -0.2) is 0 Å². The summed E-state index contributed by atoms with van der Waals surface area (Å²) in [5.41, 5.74) is 4.15. The Bertz CT molecular complexity index is 1320. The number of carbonyl (C=O) groups excluding carboxylic acids is 2. The Balaban J connectivity index is 1.46. The number of aromatic nitrogens is 1. The molecule has 38 heavy (non-hydrogen) atoms. The van der Waals surface area contributed by atoms with Crippen molar-refractivity contribution >= 4 is 34.8 Å². The summed E-state index contributed by atoms with van der Waals surface area (Å²) >= 11 is 8.38. The van der Waals surface area contributed by atoms with Crippen molar-refractivity contribution < 1.29 is 14.3 Å². The van der Waals surface area contributed by atoms with Crippen LogP contribution in [0.3, 0.4) is 0 Å². The molecule has 1 atom stereocenters. The molecule has 1 unspecified atom stereocenters. The van der Waals surface area contributed by atoms with Gasteiger partial charge in [-0.2, -0.15) is 0 Å². The lowest BCUT2D eigenvalue weighted by Crippen LogP contribution is -2.41. The predicted molar refractivity (Wildman–Crippen MR) is 156 cm³/mol. The molecule has 1 aromatic carbocycles. The molecular weight excluding hydrogens is 516 g/mol. The summed E-state index contributed by atoms with van der Waals surface area (Å²) < 4.78 is 5.48. The van der Waals surface area contributed by atoms with E-state index in [4.69, 9.17) is 16.3 Å². The molecule has 5 nitrogen and oxygen atoms in total. The number of rotatable bonds is 5. The van der Waals surface area contributed by atoms with Gasteiger partial charge in [0.2, 0.25) is 0 Å². The molecule has 1 amide bonds. The van der Waals surface area contributed by atoms with Crippen LogP contribution in [0.15, 0.2) is 48.0 Å². The van der Waals surface area contributed by atoms with Crippen LogP contribution in [0.2, 0.25) is 5.02 Å².